The van der Waals surface area contributed by atoms with Crippen molar-refractivity contribution in [3.05, 3.63) is 0 Å². The molecule has 1 rings (SSSR count). The van der Waals surface area contributed by atoms with Gasteiger partial charge in [-0.2, -0.15) is 0 Å². The molecule has 0 heterocycles. The van der Waals surface area contributed by atoms with Gasteiger partial charge in [-0.1, -0.05) is 13.3 Å². The molecule has 0 amide bonds. The molecule has 1 fully saturated rings. The average Bonchev–Trinajstić information content (AvgIpc) is 2.30. The first kappa shape index (κ1) is 9.99. The second-order valence-electron chi connectivity index (χ2n) is 3.90. The first-order valence-corrected chi connectivity index (χ1v) is 6.31. The number of sulfonamides is 1. The van der Waals surface area contributed by atoms with Gasteiger partial charge in [0.2, 0.25) is 10.0 Å². The Morgan fingerprint density at radius 2 is 2.08 bits per heavy atom. The van der Waals surface area contributed by atoms with Crippen LogP contribution in [-0.2, 0) is 10.0 Å². The van der Waals surface area contributed by atoms with Gasteiger partial charge in [0.05, 0.1) is 6.26 Å². The fourth-order valence-corrected chi connectivity index (χ4v) is 2.32. The van der Waals surface area contributed by atoms with Gasteiger partial charge in [-0.3, -0.25) is 0 Å². The molecule has 0 radical (unpaired) electrons. The summed E-state index contributed by atoms with van der Waals surface area (Å²) in [6.45, 7) is 2.85. The van der Waals surface area contributed by atoms with Crippen LogP contribution in [0.4, 0.5) is 0 Å². The Balaban J connectivity index is 2.25. The van der Waals surface area contributed by atoms with Gasteiger partial charge in [-0.05, 0) is 24.7 Å². The first-order valence-electron chi connectivity index (χ1n) is 4.42. The molecule has 4 heteroatoms. The Morgan fingerprint density at radius 1 is 1.42 bits per heavy atom. The van der Waals surface area contributed by atoms with Crippen molar-refractivity contribution in [1.29, 1.82) is 0 Å². The predicted molar refractivity (Wildman–Crippen MR) is 49.4 cm³/mol. The van der Waals surface area contributed by atoms with Gasteiger partial charge in [0.1, 0.15) is 0 Å². The first-order chi connectivity index (χ1) is 5.47. The summed E-state index contributed by atoms with van der Waals surface area (Å²) < 4.78 is 24.1. The normalized spacial score (nSPS) is 30.8. The molecule has 0 saturated heterocycles. The largest absolute Gasteiger partial charge is 0.215 e. The Labute approximate surface area is 74.6 Å². The Morgan fingerprint density at radius 3 is 2.50 bits per heavy atom. The lowest BCUT2D eigenvalue weighted by Crippen LogP contribution is -2.27. The van der Waals surface area contributed by atoms with Gasteiger partial charge in [0.15, 0.2) is 0 Å². The molecule has 0 aromatic rings. The zero-order valence-electron chi connectivity index (χ0n) is 7.71. The summed E-state index contributed by atoms with van der Waals surface area (Å²) >= 11 is 0. The number of nitrogens with one attached hydrogen (secondary N) is 1. The third kappa shape index (κ3) is 3.54. The fourth-order valence-electron chi connectivity index (χ4n) is 1.78. The van der Waals surface area contributed by atoms with Crippen LogP contribution in [0.25, 0.3) is 0 Å². The molecular formula is C8H17NO2S. The maximum absolute atomic E-state index is 10.8. The predicted octanol–water partition coefficient (Wildman–Crippen LogP) is 0.972. The van der Waals surface area contributed by atoms with E-state index in [1.54, 1.807) is 0 Å². The molecule has 0 spiro atoms. The molecule has 2 unspecified atom stereocenters. The van der Waals surface area contributed by atoms with E-state index >= 15 is 0 Å². The molecular weight excluding hydrogens is 174 g/mol. The summed E-state index contributed by atoms with van der Waals surface area (Å²) in [7, 11) is -2.98. The molecule has 1 aliphatic carbocycles. The Kier molecular flexibility index (Phi) is 3.12. The highest BCUT2D eigenvalue weighted by Gasteiger charge is 2.21. The molecule has 0 aromatic carbocycles. The van der Waals surface area contributed by atoms with Crippen molar-refractivity contribution in [1.82, 2.24) is 4.72 Å². The summed E-state index contributed by atoms with van der Waals surface area (Å²) in [4.78, 5) is 0. The summed E-state index contributed by atoms with van der Waals surface area (Å²) in [6, 6.07) is 0. The van der Waals surface area contributed by atoms with E-state index < -0.39 is 10.0 Å². The van der Waals surface area contributed by atoms with Gasteiger partial charge < -0.3 is 0 Å². The molecule has 12 heavy (non-hydrogen) atoms. The molecule has 72 valence electrons. The summed E-state index contributed by atoms with van der Waals surface area (Å²) in [5.74, 6) is 1.34. The highest BCUT2D eigenvalue weighted by Crippen LogP contribution is 2.29. The Hall–Kier alpha value is -0.0900. The van der Waals surface area contributed by atoms with E-state index in [0.717, 1.165) is 5.92 Å². The second-order valence-corrected chi connectivity index (χ2v) is 5.74. The zero-order chi connectivity index (χ0) is 9.19. The standard InChI is InChI=1S/C8H17NO2S/c1-7-3-4-8(5-7)6-9-12(2,10)11/h7-9H,3-6H2,1-2H3. The molecule has 3 nitrogen and oxygen atoms in total. The van der Waals surface area contributed by atoms with Gasteiger partial charge in [0.25, 0.3) is 0 Å². The molecule has 1 saturated carbocycles. The molecule has 0 aliphatic heterocycles. The van der Waals surface area contributed by atoms with Crippen LogP contribution in [0.5, 0.6) is 0 Å². The third-order valence-electron chi connectivity index (χ3n) is 2.44. The van der Waals surface area contributed by atoms with Crippen LogP contribution >= 0.6 is 0 Å². The van der Waals surface area contributed by atoms with Crippen molar-refractivity contribution in [2.45, 2.75) is 26.2 Å². The smallest absolute Gasteiger partial charge is 0.208 e. The topological polar surface area (TPSA) is 46.2 Å². The number of rotatable bonds is 3. The zero-order valence-corrected chi connectivity index (χ0v) is 8.52. The minimum Gasteiger partial charge on any atom is -0.215 e. The quantitative estimate of drug-likeness (QED) is 0.722. The van der Waals surface area contributed by atoms with Gasteiger partial charge in [0, 0.05) is 6.54 Å². The highest BCUT2D eigenvalue weighted by molar-refractivity contribution is 7.88. The summed E-state index contributed by atoms with van der Waals surface area (Å²) in [6.07, 6.45) is 4.80. The van der Waals surface area contributed by atoms with Crippen LogP contribution in [0.2, 0.25) is 0 Å². The van der Waals surface area contributed by atoms with E-state index in [0.29, 0.717) is 12.5 Å². The monoisotopic (exact) mass is 191 g/mol. The van der Waals surface area contributed by atoms with Crippen LogP contribution in [0, 0.1) is 11.8 Å². The van der Waals surface area contributed by atoms with E-state index in [1.807, 2.05) is 0 Å². The number of hydrogen-bond acceptors (Lipinski definition) is 2. The van der Waals surface area contributed by atoms with Crippen molar-refractivity contribution < 1.29 is 8.42 Å². The van der Waals surface area contributed by atoms with Crippen LogP contribution < -0.4 is 4.72 Å². The molecule has 0 aromatic heterocycles. The van der Waals surface area contributed by atoms with Crippen LogP contribution in [0.3, 0.4) is 0 Å². The summed E-state index contributed by atoms with van der Waals surface area (Å²) in [5, 5.41) is 0. The van der Waals surface area contributed by atoms with E-state index in [1.165, 1.54) is 25.5 Å². The van der Waals surface area contributed by atoms with E-state index in [-0.39, 0.29) is 0 Å². The lowest BCUT2D eigenvalue weighted by atomic mass is 10.1. The SMILES string of the molecule is CC1CCC(CNS(C)(=O)=O)C1. The molecule has 0 bridgehead atoms. The van der Waals surface area contributed by atoms with Crippen LogP contribution in [0.15, 0.2) is 0 Å². The average molecular weight is 191 g/mol. The van der Waals surface area contributed by atoms with E-state index in [4.69, 9.17) is 0 Å². The minimum atomic E-state index is -2.98. The fraction of sp³-hybridized carbons (Fsp3) is 1.00. The van der Waals surface area contributed by atoms with Gasteiger partial charge in [-0.15, -0.1) is 0 Å². The number of hydrogen-bond donors (Lipinski definition) is 1. The Bertz CT molecular complexity index is 235. The van der Waals surface area contributed by atoms with Gasteiger partial charge in [-0.25, -0.2) is 13.1 Å². The molecule has 2 atom stereocenters. The van der Waals surface area contributed by atoms with Crippen molar-refractivity contribution in [2.75, 3.05) is 12.8 Å². The second kappa shape index (κ2) is 3.75. The minimum absolute atomic E-state index is 0.565. The van der Waals surface area contributed by atoms with Crippen molar-refractivity contribution in [3.63, 3.8) is 0 Å². The highest BCUT2D eigenvalue weighted by atomic mass is 32.2. The lowest BCUT2D eigenvalue weighted by Gasteiger charge is -2.08. The maximum Gasteiger partial charge on any atom is 0.208 e. The molecule has 1 N–H and O–H groups in total. The lowest BCUT2D eigenvalue weighted by molar-refractivity contribution is 0.500. The van der Waals surface area contributed by atoms with Crippen molar-refractivity contribution >= 4 is 10.0 Å². The van der Waals surface area contributed by atoms with E-state index in [9.17, 15) is 8.42 Å². The van der Waals surface area contributed by atoms with E-state index in [2.05, 4.69) is 11.6 Å². The maximum atomic E-state index is 10.8. The molecule has 1 aliphatic rings. The van der Waals surface area contributed by atoms with Crippen LogP contribution in [0.1, 0.15) is 26.2 Å². The van der Waals surface area contributed by atoms with Crippen molar-refractivity contribution in [3.8, 4) is 0 Å². The van der Waals surface area contributed by atoms with Gasteiger partial charge >= 0.3 is 0 Å². The van der Waals surface area contributed by atoms with Crippen LogP contribution in [-0.4, -0.2) is 21.2 Å². The third-order valence-corrected chi connectivity index (χ3v) is 3.13. The summed E-state index contributed by atoms with van der Waals surface area (Å²) in [5.41, 5.74) is 0. The van der Waals surface area contributed by atoms with Crippen molar-refractivity contribution in [2.24, 2.45) is 11.8 Å².